The van der Waals surface area contributed by atoms with Gasteiger partial charge >= 0.3 is 0 Å². The first-order valence-electron chi connectivity index (χ1n) is 7.78. The topological polar surface area (TPSA) is 15.3 Å². The number of hydrogen-bond donors (Lipinski definition) is 1. The lowest BCUT2D eigenvalue weighted by atomic mass is 9.88. The van der Waals surface area contributed by atoms with Gasteiger partial charge in [-0.3, -0.25) is 4.90 Å². The molecular weight excluding hydrogens is 270 g/mol. The number of hydrogen-bond acceptors (Lipinski definition) is 2. The Kier molecular flexibility index (Phi) is 4.99. The third-order valence-corrected chi connectivity index (χ3v) is 4.86. The molecule has 0 saturated carbocycles. The average molecular weight is 296 g/mol. The van der Waals surface area contributed by atoms with Crippen molar-refractivity contribution in [1.29, 1.82) is 0 Å². The quantitative estimate of drug-likeness (QED) is 0.914. The van der Waals surface area contributed by atoms with E-state index in [-0.39, 0.29) is 17.2 Å². The summed E-state index contributed by atoms with van der Waals surface area (Å²) in [6.07, 6.45) is 0.974. The zero-order valence-electron chi connectivity index (χ0n) is 13.4. The van der Waals surface area contributed by atoms with E-state index in [0.29, 0.717) is 24.1 Å². The van der Waals surface area contributed by atoms with Crippen molar-refractivity contribution in [3.63, 3.8) is 0 Å². The summed E-state index contributed by atoms with van der Waals surface area (Å²) in [7, 11) is 0. The van der Waals surface area contributed by atoms with Crippen molar-refractivity contribution >= 4 is 0 Å². The van der Waals surface area contributed by atoms with Gasteiger partial charge in [-0.1, -0.05) is 20.8 Å². The Labute approximate surface area is 126 Å². The number of nitrogens with one attached hydrogen (secondary N) is 1. The summed E-state index contributed by atoms with van der Waals surface area (Å²) in [6, 6.07) is 4.10. The third kappa shape index (κ3) is 3.61. The lowest BCUT2D eigenvalue weighted by Crippen LogP contribution is -2.63. The Balaban J connectivity index is 2.22. The van der Waals surface area contributed by atoms with Crippen LogP contribution in [0.15, 0.2) is 18.2 Å². The molecule has 1 heterocycles. The number of rotatable bonds is 4. The zero-order chi connectivity index (χ0) is 15.6. The molecule has 1 aliphatic heterocycles. The average Bonchev–Trinajstić information content (AvgIpc) is 2.45. The monoisotopic (exact) mass is 296 g/mol. The second-order valence-electron chi connectivity index (χ2n) is 6.70. The highest BCUT2D eigenvalue weighted by Gasteiger charge is 2.37. The molecule has 1 aliphatic rings. The maximum absolute atomic E-state index is 13.9. The van der Waals surface area contributed by atoms with E-state index in [4.69, 9.17) is 0 Å². The molecule has 0 aromatic heterocycles. The summed E-state index contributed by atoms with van der Waals surface area (Å²) in [5, 5.41) is 3.59. The van der Waals surface area contributed by atoms with Crippen molar-refractivity contribution in [3.8, 4) is 0 Å². The van der Waals surface area contributed by atoms with Crippen LogP contribution in [0.3, 0.4) is 0 Å². The van der Waals surface area contributed by atoms with E-state index in [2.05, 4.69) is 37.9 Å². The summed E-state index contributed by atoms with van der Waals surface area (Å²) < 4.78 is 27.3. The van der Waals surface area contributed by atoms with Crippen LogP contribution in [0.4, 0.5) is 8.78 Å². The molecule has 0 bridgehead atoms. The van der Waals surface area contributed by atoms with Crippen LogP contribution in [-0.4, -0.2) is 29.6 Å². The van der Waals surface area contributed by atoms with Gasteiger partial charge in [-0.15, -0.1) is 0 Å². The Morgan fingerprint density at radius 3 is 2.71 bits per heavy atom. The van der Waals surface area contributed by atoms with Gasteiger partial charge in [-0.2, -0.15) is 0 Å². The second kappa shape index (κ2) is 6.41. The van der Waals surface area contributed by atoms with Crippen LogP contribution in [0, 0.1) is 17.6 Å². The molecule has 1 aromatic rings. The fraction of sp³-hybridized carbons (Fsp3) is 0.647. The summed E-state index contributed by atoms with van der Waals surface area (Å²) in [4.78, 5) is 2.30. The van der Waals surface area contributed by atoms with Gasteiger partial charge < -0.3 is 5.32 Å². The predicted molar refractivity (Wildman–Crippen MR) is 82.1 cm³/mol. The molecule has 1 aromatic carbocycles. The normalized spacial score (nSPS) is 27.3. The minimum Gasteiger partial charge on any atom is -0.311 e. The van der Waals surface area contributed by atoms with Gasteiger partial charge in [-0.25, -0.2) is 8.78 Å². The van der Waals surface area contributed by atoms with E-state index >= 15 is 0 Å². The lowest BCUT2D eigenvalue weighted by molar-refractivity contribution is 0.0308. The smallest absolute Gasteiger partial charge is 0.127 e. The Hall–Kier alpha value is -1.00. The van der Waals surface area contributed by atoms with Crippen LogP contribution < -0.4 is 5.32 Å². The largest absolute Gasteiger partial charge is 0.311 e. The van der Waals surface area contributed by atoms with Crippen molar-refractivity contribution < 1.29 is 8.78 Å². The van der Waals surface area contributed by atoms with Crippen molar-refractivity contribution in [3.05, 3.63) is 35.4 Å². The van der Waals surface area contributed by atoms with E-state index < -0.39 is 0 Å². The molecular formula is C17H26F2N2. The molecule has 1 saturated heterocycles. The van der Waals surface area contributed by atoms with Crippen LogP contribution in [0.2, 0.25) is 0 Å². The van der Waals surface area contributed by atoms with E-state index in [0.717, 1.165) is 19.5 Å². The summed E-state index contributed by atoms with van der Waals surface area (Å²) in [6.45, 7) is 10.9. The number of nitrogens with zero attached hydrogens (tertiary/aromatic N) is 1. The Bertz CT molecular complexity index is 490. The molecule has 21 heavy (non-hydrogen) atoms. The highest BCUT2D eigenvalue weighted by atomic mass is 19.1. The van der Waals surface area contributed by atoms with Gasteiger partial charge in [0.15, 0.2) is 0 Å². The molecule has 0 radical (unpaired) electrons. The van der Waals surface area contributed by atoms with Crippen molar-refractivity contribution in [2.75, 3.05) is 13.1 Å². The molecule has 0 amide bonds. The summed E-state index contributed by atoms with van der Waals surface area (Å²) in [5.41, 5.74) is 0.420. The van der Waals surface area contributed by atoms with Crippen LogP contribution in [0.5, 0.6) is 0 Å². The maximum atomic E-state index is 13.9. The van der Waals surface area contributed by atoms with Crippen LogP contribution >= 0.6 is 0 Å². The summed E-state index contributed by atoms with van der Waals surface area (Å²) >= 11 is 0. The molecule has 1 fully saturated rings. The fourth-order valence-corrected chi connectivity index (χ4v) is 2.91. The van der Waals surface area contributed by atoms with E-state index in [9.17, 15) is 8.78 Å². The molecule has 2 atom stereocenters. The first-order chi connectivity index (χ1) is 9.85. The molecule has 118 valence electrons. The van der Waals surface area contributed by atoms with E-state index in [1.54, 1.807) is 0 Å². The van der Waals surface area contributed by atoms with Crippen LogP contribution in [0.25, 0.3) is 0 Å². The molecule has 2 rings (SSSR count). The molecule has 0 aliphatic carbocycles. The molecule has 1 N–H and O–H groups in total. The van der Waals surface area contributed by atoms with Gasteiger partial charge in [0.2, 0.25) is 0 Å². The molecule has 0 spiro atoms. The highest BCUT2D eigenvalue weighted by molar-refractivity contribution is 5.19. The molecule has 2 nitrogen and oxygen atoms in total. The standard InChI is InChI=1S/C17H26F2N2/c1-5-17(4)11-20-16(12(2)3)10-21(17)9-13-8-14(18)6-7-15(13)19/h6-8,12,16,20H,5,9-11H2,1-4H3. The first-order valence-corrected chi connectivity index (χ1v) is 7.78. The van der Waals surface area contributed by atoms with Gasteiger partial charge in [-0.05, 0) is 37.5 Å². The predicted octanol–water partition coefficient (Wildman–Crippen LogP) is 3.56. The number of halogens is 2. The Morgan fingerprint density at radius 1 is 1.38 bits per heavy atom. The fourth-order valence-electron chi connectivity index (χ4n) is 2.91. The molecule has 4 heteroatoms. The van der Waals surface area contributed by atoms with Gasteiger partial charge in [0.05, 0.1) is 0 Å². The third-order valence-electron chi connectivity index (χ3n) is 4.86. The number of piperazine rings is 1. The number of benzene rings is 1. The van der Waals surface area contributed by atoms with E-state index in [1.165, 1.54) is 18.2 Å². The lowest BCUT2D eigenvalue weighted by Gasteiger charge is -2.49. The minimum absolute atomic E-state index is 0.0237. The van der Waals surface area contributed by atoms with Crippen LogP contribution in [0.1, 0.15) is 39.7 Å². The Morgan fingerprint density at radius 2 is 2.10 bits per heavy atom. The molecule has 2 unspecified atom stereocenters. The highest BCUT2D eigenvalue weighted by Crippen LogP contribution is 2.27. The van der Waals surface area contributed by atoms with Gasteiger partial charge in [0, 0.05) is 36.8 Å². The SMILES string of the molecule is CCC1(C)CNC(C(C)C)CN1Cc1cc(F)ccc1F. The second-order valence-corrected chi connectivity index (χ2v) is 6.70. The zero-order valence-corrected chi connectivity index (χ0v) is 13.4. The summed E-state index contributed by atoms with van der Waals surface area (Å²) in [5.74, 6) is -0.180. The van der Waals surface area contributed by atoms with Crippen molar-refractivity contribution in [2.24, 2.45) is 5.92 Å². The van der Waals surface area contributed by atoms with Crippen LogP contribution in [-0.2, 0) is 6.54 Å². The van der Waals surface area contributed by atoms with Crippen molar-refractivity contribution in [2.45, 2.75) is 52.2 Å². The van der Waals surface area contributed by atoms with Gasteiger partial charge in [0.1, 0.15) is 11.6 Å². The van der Waals surface area contributed by atoms with Gasteiger partial charge in [0.25, 0.3) is 0 Å². The van der Waals surface area contributed by atoms with E-state index in [1.807, 2.05) is 0 Å². The minimum atomic E-state index is -0.375. The first kappa shape index (κ1) is 16.4. The maximum Gasteiger partial charge on any atom is 0.127 e. The van der Waals surface area contributed by atoms with Crippen molar-refractivity contribution in [1.82, 2.24) is 10.2 Å².